The smallest absolute Gasteiger partial charge is 0.198 e. The molecule has 2 heteroatoms. The summed E-state index contributed by atoms with van der Waals surface area (Å²) in [5, 5.41) is 0. The molecular formula is C18H35OS. The summed E-state index contributed by atoms with van der Waals surface area (Å²) >= 11 is 2.15. The molecule has 0 saturated carbocycles. The molecule has 0 bridgehead atoms. The standard InChI is InChI=1S/C18H35OS/c1-2-3-4-5-11-14-17-20-18-15-12-9-7-6-8-10-13-16-19/h2-15,17-18H2,1H3. The molecule has 0 heterocycles. The molecule has 0 amide bonds. The van der Waals surface area contributed by atoms with E-state index in [9.17, 15) is 4.79 Å². The lowest BCUT2D eigenvalue weighted by Gasteiger charge is -2.03. The third kappa shape index (κ3) is 18.0. The first-order valence-corrected chi connectivity index (χ1v) is 10.00. The van der Waals surface area contributed by atoms with Gasteiger partial charge in [-0.2, -0.15) is 11.8 Å². The minimum absolute atomic E-state index is 0.634. The predicted molar refractivity (Wildman–Crippen MR) is 93.3 cm³/mol. The van der Waals surface area contributed by atoms with Gasteiger partial charge in [0, 0.05) is 6.42 Å². The van der Waals surface area contributed by atoms with Crippen molar-refractivity contribution in [2.45, 2.75) is 96.8 Å². The van der Waals surface area contributed by atoms with Gasteiger partial charge in [0.2, 0.25) is 0 Å². The Morgan fingerprint density at radius 1 is 0.650 bits per heavy atom. The van der Waals surface area contributed by atoms with Crippen molar-refractivity contribution >= 4 is 18.0 Å². The Balaban J connectivity index is 2.90. The molecule has 0 aromatic carbocycles. The number of carbonyl (C=O) groups excluding carboxylic acids is 1. The van der Waals surface area contributed by atoms with Crippen LogP contribution in [0.2, 0.25) is 0 Å². The van der Waals surface area contributed by atoms with Gasteiger partial charge in [-0.25, -0.2) is 0 Å². The van der Waals surface area contributed by atoms with Gasteiger partial charge in [0.25, 0.3) is 0 Å². The van der Waals surface area contributed by atoms with E-state index >= 15 is 0 Å². The van der Waals surface area contributed by atoms with Crippen molar-refractivity contribution < 1.29 is 4.79 Å². The quantitative estimate of drug-likeness (QED) is 0.293. The largest absolute Gasteiger partial charge is 0.291 e. The Labute approximate surface area is 131 Å². The van der Waals surface area contributed by atoms with Crippen LogP contribution in [0.4, 0.5) is 0 Å². The van der Waals surface area contributed by atoms with Crippen LogP contribution < -0.4 is 0 Å². The van der Waals surface area contributed by atoms with E-state index in [1.54, 1.807) is 0 Å². The fourth-order valence-electron chi connectivity index (χ4n) is 2.37. The van der Waals surface area contributed by atoms with Crippen LogP contribution in [0.5, 0.6) is 0 Å². The van der Waals surface area contributed by atoms with E-state index in [0.29, 0.717) is 6.42 Å². The van der Waals surface area contributed by atoms with E-state index in [4.69, 9.17) is 0 Å². The van der Waals surface area contributed by atoms with Crippen LogP contribution in [0.3, 0.4) is 0 Å². The van der Waals surface area contributed by atoms with Gasteiger partial charge in [0.1, 0.15) is 0 Å². The maximum Gasteiger partial charge on any atom is 0.198 e. The minimum Gasteiger partial charge on any atom is -0.291 e. The SMILES string of the molecule is CCCCCCCCSCCCCCCCCC[C]=O. The summed E-state index contributed by atoms with van der Waals surface area (Å²) in [5.41, 5.74) is 0. The Morgan fingerprint density at radius 3 is 1.60 bits per heavy atom. The molecule has 0 aromatic rings. The maximum atomic E-state index is 10.0. The third-order valence-electron chi connectivity index (χ3n) is 3.71. The Kier molecular flexibility index (Phi) is 19.0. The summed E-state index contributed by atoms with van der Waals surface area (Å²) in [6.07, 6.45) is 20.2. The highest BCUT2D eigenvalue weighted by atomic mass is 32.2. The van der Waals surface area contributed by atoms with E-state index in [1.165, 1.54) is 88.6 Å². The molecule has 0 rings (SSSR count). The summed E-state index contributed by atoms with van der Waals surface area (Å²) in [4.78, 5) is 10.0. The van der Waals surface area contributed by atoms with E-state index in [0.717, 1.165) is 6.42 Å². The van der Waals surface area contributed by atoms with E-state index in [2.05, 4.69) is 18.7 Å². The number of unbranched alkanes of at least 4 members (excludes halogenated alkanes) is 12. The lowest BCUT2D eigenvalue weighted by atomic mass is 10.1. The first kappa shape index (κ1) is 20.0. The summed E-state index contributed by atoms with van der Waals surface area (Å²) in [5.74, 6) is 2.73. The van der Waals surface area contributed by atoms with Gasteiger partial charge in [0.05, 0.1) is 0 Å². The Hall–Kier alpha value is 0.0200. The van der Waals surface area contributed by atoms with Gasteiger partial charge >= 0.3 is 0 Å². The van der Waals surface area contributed by atoms with Crippen molar-refractivity contribution in [3.05, 3.63) is 0 Å². The first-order chi connectivity index (χ1) is 9.91. The highest BCUT2D eigenvalue weighted by Gasteiger charge is 1.94. The van der Waals surface area contributed by atoms with Gasteiger partial charge in [-0.1, -0.05) is 71.1 Å². The lowest BCUT2D eigenvalue weighted by Crippen LogP contribution is -1.87. The van der Waals surface area contributed by atoms with Gasteiger partial charge in [-0.05, 0) is 30.8 Å². The minimum atomic E-state index is 0.634. The van der Waals surface area contributed by atoms with Crippen LogP contribution in [0.15, 0.2) is 0 Å². The van der Waals surface area contributed by atoms with Crippen molar-refractivity contribution in [3.8, 4) is 0 Å². The molecule has 0 fully saturated rings. The zero-order valence-corrected chi connectivity index (χ0v) is 14.4. The monoisotopic (exact) mass is 299 g/mol. The summed E-state index contributed by atoms with van der Waals surface area (Å²) < 4.78 is 0. The molecule has 0 aliphatic heterocycles. The van der Waals surface area contributed by atoms with Crippen LogP contribution in [-0.2, 0) is 4.79 Å². The molecule has 119 valence electrons. The molecule has 20 heavy (non-hydrogen) atoms. The Bertz CT molecular complexity index is 182. The van der Waals surface area contributed by atoms with Crippen molar-refractivity contribution in [2.24, 2.45) is 0 Å². The highest BCUT2D eigenvalue weighted by molar-refractivity contribution is 7.99. The number of rotatable bonds is 17. The molecule has 0 atom stereocenters. The second-order valence-electron chi connectivity index (χ2n) is 5.75. The average Bonchev–Trinajstić information content (AvgIpc) is 2.47. The van der Waals surface area contributed by atoms with E-state index < -0.39 is 0 Å². The highest BCUT2D eigenvalue weighted by Crippen LogP contribution is 2.13. The third-order valence-corrected chi connectivity index (χ3v) is 4.86. The van der Waals surface area contributed by atoms with E-state index in [-0.39, 0.29) is 0 Å². The van der Waals surface area contributed by atoms with Crippen molar-refractivity contribution in [3.63, 3.8) is 0 Å². The van der Waals surface area contributed by atoms with Gasteiger partial charge < -0.3 is 0 Å². The molecule has 0 aliphatic rings. The van der Waals surface area contributed by atoms with Crippen LogP contribution in [0, 0.1) is 0 Å². The van der Waals surface area contributed by atoms with Crippen LogP contribution in [0.25, 0.3) is 0 Å². The number of hydrogen-bond acceptors (Lipinski definition) is 2. The van der Waals surface area contributed by atoms with Gasteiger partial charge in [-0.3, -0.25) is 4.79 Å². The van der Waals surface area contributed by atoms with Crippen LogP contribution in [-0.4, -0.2) is 17.8 Å². The number of hydrogen-bond donors (Lipinski definition) is 0. The molecule has 0 unspecified atom stereocenters. The maximum absolute atomic E-state index is 10.0. The predicted octanol–water partition coefficient (Wildman–Crippen LogP) is 6.31. The lowest BCUT2D eigenvalue weighted by molar-refractivity contribution is 0.541. The van der Waals surface area contributed by atoms with Gasteiger partial charge in [0.15, 0.2) is 6.29 Å². The fraction of sp³-hybridized carbons (Fsp3) is 0.944. The van der Waals surface area contributed by atoms with E-state index in [1.807, 2.05) is 6.29 Å². The summed E-state index contributed by atoms with van der Waals surface area (Å²) in [6.45, 7) is 2.28. The van der Waals surface area contributed by atoms with Crippen LogP contribution in [0.1, 0.15) is 96.8 Å². The molecule has 1 nitrogen and oxygen atoms in total. The van der Waals surface area contributed by atoms with Crippen molar-refractivity contribution in [2.75, 3.05) is 11.5 Å². The molecule has 0 N–H and O–H groups in total. The molecule has 0 aliphatic carbocycles. The van der Waals surface area contributed by atoms with Crippen LogP contribution >= 0.6 is 11.8 Å². The topological polar surface area (TPSA) is 17.1 Å². The second kappa shape index (κ2) is 19.0. The molecule has 1 radical (unpaired) electrons. The second-order valence-corrected chi connectivity index (χ2v) is 6.97. The molecular weight excluding hydrogens is 264 g/mol. The zero-order valence-electron chi connectivity index (χ0n) is 13.6. The summed E-state index contributed by atoms with van der Waals surface area (Å²) in [6, 6.07) is 0. The van der Waals surface area contributed by atoms with Gasteiger partial charge in [-0.15, -0.1) is 0 Å². The van der Waals surface area contributed by atoms with Crippen molar-refractivity contribution in [1.29, 1.82) is 0 Å². The molecule has 0 aromatic heterocycles. The fourth-order valence-corrected chi connectivity index (χ4v) is 3.39. The number of thioether (sulfide) groups is 1. The first-order valence-electron chi connectivity index (χ1n) is 8.84. The summed E-state index contributed by atoms with van der Waals surface area (Å²) in [7, 11) is 0. The Morgan fingerprint density at radius 2 is 1.10 bits per heavy atom. The molecule has 0 saturated heterocycles. The molecule has 0 spiro atoms. The normalized spacial score (nSPS) is 10.8. The van der Waals surface area contributed by atoms with Crippen molar-refractivity contribution in [1.82, 2.24) is 0 Å². The average molecular weight is 300 g/mol. The zero-order chi connectivity index (χ0) is 14.7.